The van der Waals surface area contributed by atoms with E-state index in [1.54, 1.807) is 4.72 Å². The number of aromatic carboxylic acids is 1. The van der Waals surface area contributed by atoms with Crippen molar-refractivity contribution < 1.29 is 32.6 Å². The molecule has 3 amide bonds. The molecule has 0 aromatic heterocycles. The Morgan fingerprint density at radius 3 is 2.31 bits per heavy atom. The maximum absolute atomic E-state index is 12.5. The number of benzene rings is 2. The Balaban J connectivity index is 2.28. The zero-order valence-corrected chi connectivity index (χ0v) is 16.7. The van der Waals surface area contributed by atoms with Crippen molar-refractivity contribution in [2.45, 2.75) is 11.8 Å². The SMILES string of the molecule is COc1ccc(S(=O)(=O)NC(=O)Nc2cc(Cl)ccc2C(=O)O)cc1NC(C)=O. The number of carboxylic acids is 1. The number of rotatable bonds is 6. The Morgan fingerprint density at radius 1 is 1.03 bits per heavy atom. The number of carbonyl (C=O) groups excluding carboxylic acids is 2. The predicted octanol–water partition coefficient (Wildman–Crippen LogP) is 2.52. The predicted molar refractivity (Wildman–Crippen MR) is 105 cm³/mol. The third kappa shape index (κ3) is 5.59. The summed E-state index contributed by atoms with van der Waals surface area (Å²) in [5.41, 5.74) is -0.378. The summed E-state index contributed by atoms with van der Waals surface area (Å²) in [5.74, 6) is -1.57. The molecule has 0 aliphatic carbocycles. The van der Waals surface area contributed by atoms with Crippen LogP contribution in [0.5, 0.6) is 5.75 Å². The molecule has 154 valence electrons. The van der Waals surface area contributed by atoms with Crippen LogP contribution >= 0.6 is 11.6 Å². The van der Waals surface area contributed by atoms with Gasteiger partial charge >= 0.3 is 12.0 Å². The normalized spacial score (nSPS) is 10.7. The average molecular weight is 442 g/mol. The van der Waals surface area contributed by atoms with E-state index < -0.39 is 27.9 Å². The summed E-state index contributed by atoms with van der Waals surface area (Å²) >= 11 is 5.79. The van der Waals surface area contributed by atoms with Crippen molar-refractivity contribution in [3.63, 3.8) is 0 Å². The molecule has 10 nitrogen and oxygen atoms in total. The highest BCUT2D eigenvalue weighted by molar-refractivity contribution is 7.90. The van der Waals surface area contributed by atoms with Gasteiger partial charge in [-0.1, -0.05) is 11.6 Å². The van der Waals surface area contributed by atoms with Gasteiger partial charge in [-0.15, -0.1) is 0 Å². The fourth-order valence-corrected chi connectivity index (χ4v) is 3.38. The quantitative estimate of drug-likeness (QED) is 0.537. The number of methoxy groups -OCH3 is 1. The highest BCUT2D eigenvalue weighted by Crippen LogP contribution is 2.27. The van der Waals surface area contributed by atoms with Gasteiger partial charge in [0.15, 0.2) is 0 Å². The number of hydrogen-bond donors (Lipinski definition) is 4. The van der Waals surface area contributed by atoms with Crippen molar-refractivity contribution in [2.24, 2.45) is 0 Å². The van der Waals surface area contributed by atoms with E-state index in [1.165, 1.54) is 38.3 Å². The monoisotopic (exact) mass is 441 g/mol. The lowest BCUT2D eigenvalue weighted by atomic mass is 10.2. The summed E-state index contributed by atoms with van der Waals surface area (Å²) in [6.45, 7) is 1.23. The zero-order valence-electron chi connectivity index (χ0n) is 15.1. The smallest absolute Gasteiger partial charge is 0.337 e. The molecule has 0 bridgehead atoms. The lowest BCUT2D eigenvalue weighted by Gasteiger charge is -2.13. The number of carbonyl (C=O) groups is 3. The van der Waals surface area contributed by atoms with Crippen molar-refractivity contribution in [1.29, 1.82) is 0 Å². The average Bonchev–Trinajstić information content (AvgIpc) is 2.60. The van der Waals surface area contributed by atoms with Gasteiger partial charge in [0.2, 0.25) is 5.91 Å². The number of ether oxygens (including phenoxy) is 1. The first-order valence-corrected chi connectivity index (χ1v) is 9.72. The summed E-state index contributed by atoms with van der Waals surface area (Å²) < 4.78 is 31.8. The van der Waals surface area contributed by atoms with E-state index in [0.717, 1.165) is 12.1 Å². The maximum Gasteiger partial charge on any atom is 0.337 e. The fraction of sp³-hybridized carbons (Fsp3) is 0.118. The van der Waals surface area contributed by atoms with E-state index in [9.17, 15) is 22.8 Å². The molecule has 2 aromatic rings. The van der Waals surface area contributed by atoms with Crippen LogP contribution in [0.3, 0.4) is 0 Å². The van der Waals surface area contributed by atoms with Crippen molar-refractivity contribution in [2.75, 3.05) is 17.7 Å². The fourth-order valence-electron chi connectivity index (χ4n) is 2.28. The number of anilines is 2. The summed E-state index contributed by atoms with van der Waals surface area (Å²) in [6.07, 6.45) is 0. The first-order chi connectivity index (χ1) is 13.5. The molecule has 0 aliphatic rings. The second-order valence-electron chi connectivity index (χ2n) is 5.60. The molecule has 12 heteroatoms. The topological polar surface area (TPSA) is 151 Å². The Hall–Kier alpha value is -3.31. The van der Waals surface area contributed by atoms with Crippen LogP contribution < -0.4 is 20.1 Å². The molecule has 0 radical (unpaired) electrons. The highest BCUT2D eigenvalue weighted by Gasteiger charge is 2.21. The third-order valence-corrected chi connectivity index (χ3v) is 5.04. The van der Waals surface area contributed by atoms with Crippen LogP contribution in [-0.4, -0.2) is 38.5 Å². The standard InChI is InChI=1S/C17H16ClN3O7S/c1-9(22)19-14-8-11(4-6-15(14)28-2)29(26,27)21-17(25)20-13-7-10(18)3-5-12(13)16(23)24/h3-8H,1-2H3,(H,19,22)(H,23,24)(H2,20,21,25). The van der Waals surface area contributed by atoms with E-state index in [0.29, 0.717) is 0 Å². The van der Waals surface area contributed by atoms with Crippen molar-refractivity contribution in [3.05, 3.63) is 47.0 Å². The summed E-state index contributed by atoms with van der Waals surface area (Å²) in [4.78, 5) is 34.3. The van der Waals surface area contributed by atoms with Crippen LogP contribution in [0.2, 0.25) is 5.02 Å². The van der Waals surface area contributed by atoms with Gasteiger partial charge in [0, 0.05) is 11.9 Å². The maximum atomic E-state index is 12.5. The number of halogens is 1. The van der Waals surface area contributed by atoms with Gasteiger partial charge in [-0.2, -0.15) is 0 Å². The molecule has 0 heterocycles. The van der Waals surface area contributed by atoms with E-state index in [4.69, 9.17) is 21.4 Å². The Kier molecular flexibility index (Phi) is 6.67. The van der Waals surface area contributed by atoms with E-state index in [1.807, 2.05) is 0 Å². The Labute approximate surface area is 170 Å². The molecule has 0 unspecified atom stereocenters. The van der Waals surface area contributed by atoms with E-state index in [-0.39, 0.29) is 32.6 Å². The molecular formula is C17H16ClN3O7S. The summed E-state index contributed by atoms with van der Waals surface area (Å²) in [6, 6.07) is 6.02. The minimum Gasteiger partial charge on any atom is -0.495 e. The van der Waals surface area contributed by atoms with Crippen LogP contribution in [0.4, 0.5) is 16.2 Å². The van der Waals surface area contributed by atoms with Crippen LogP contribution in [0, 0.1) is 0 Å². The number of sulfonamides is 1. The van der Waals surface area contributed by atoms with Crippen LogP contribution in [0.15, 0.2) is 41.3 Å². The highest BCUT2D eigenvalue weighted by atomic mass is 35.5. The first-order valence-electron chi connectivity index (χ1n) is 7.85. The third-order valence-electron chi connectivity index (χ3n) is 3.48. The Morgan fingerprint density at radius 2 is 1.72 bits per heavy atom. The molecule has 0 fully saturated rings. The molecule has 0 aliphatic heterocycles. The number of carboxylic acid groups (broad SMARTS) is 1. The van der Waals surface area contributed by atoms with Gasteiger partial charge in [-0.05, 0) is 36.4 Å². The lowest BCUT2D eigenvalue weighted by Crippen LogP contribution is -2.34. The number of nitrogens with one attached hydrogen (secondary N) is 3. The molecule has 0 atom stereocenters. The Bertz CT molecular complexity index is 1090. The van der Waals surface area contributed by atoms with Crippen molar-refractivity contribution >= 4 is 50.9 Å². The first kappa shape index (κ1) is 22.0. The molecule has 2 rings (SSSR count). The van der Waals surface area contributed by atoms with Gasteiger partial charge in [0.1, 0.15) is 5.75 Å². The minimum absolute atomic E-state index is 0.0892. The molecule has 4 N–H and O–H groups in total. The van der Waals surface area contributed by atoms with E-state index in [2.05, 4.69) is 10.6 Å². The van der Waals surface area contributed by atoms with Crippen molar-refractivity contribution in [1.82, 2.24) is 4.72 Å². The minimum atomic E-state index is -4.36. The molecule has 0 saturated carbocycles. The molecule has 29 heavy (non-hydrogen) atoms. The number of urea groups is 1. The van der Waals surface area contributed by atoms with Crippen LogP contribution in [-0.2, 0) is 14.8 Å². The number of amides is 3. The zero-order chi connectivity index (χ0) is 21.8. The molecule has 0 spiro atoms. The van der Waals surface area contributed by atoms with Crippen LogP contribution in [0.1, 0.15) is 17.3 Å². The summed E-state index contributed by atoms with van der Waals surface area (Å²) in [5, 5.41) is 13.9. The molecular weight excluding hydrogens is 426 g/mol. The van der Waals surface area contributed by atoms with Gasteiger partial charge < -0.3 is 20.5 Å². The number of hydrogen-bond acceptors (Lipinski definition) is 6. The van der Waals surface area contributed by atoms with Crippen LogP contribution in [0.25, 0.3) is 0 Å². The summed E-state index contributed by atoms with van der Waals surface area (Å²) in [7, 11) is -3.02. The van der Waals surface area contributed by atoms with Gasteiger partial charge in [-0.25, -0.2) is 22.7 Å². The van der Waals surface area contributed by atoms with Gasteiger partial charge in [-0.3, -0.25) is 4.79 Å². The molecule has 2 aromatic carbocycles. The second-order valence-corrected chi connectivity index (χ2v) is 7.72. The largest absolute Gasteiger partial charge is 0.495 e. The van der Waals surface area contributed by atoms with Gasteiger partial charge in [0.05, 0.1) is 28.9 Å². The van der Waals surface area contributed by atoms with E-state index >= 15 is 0 Å². The van der Waals surface area contributed by atoms with Crippen molar-refractivity contribution in [3.8, 4) is 5.75 Å². The van der Waals surface area contributed by atoms with Gasteiger partial charge in [0.25, 0.3) is 10.0 Å². The lowest BCUT2D eigenvalue weighted by molar-refractivity contribution is -0.114. The second kappa shape index (κ2) is 8.80. The molecule has 0 saturated heterocycles.